The summed E-state index contributed by atoms with van der Waals surface area (Å²) in [5, 5.41) is 0. The van der Waals surface area contributed by atoms with Gasteiger partial charge in [-0.1, -0.05) is 30.4 Å². The summed E-state index contributed by atoms with van der Waals surface area (Å²) in [5.74, 6) is -0.898. The van der Waals surface area contributed by atoms with Crippen LogP contribution in [0.1, 0.15) is 47.5 Å². The van der Waals surface area contributed by atoms with Crippen LogP contribution in [0.25, 0.3) is 0 Å². The first-order valence-electron chi connectivity index (χ1n) is 11.0. The van der Waals surface area contributed by atoms with Gasteiger partial charge < -0.3 is 23.7 Å². The van der Waals surface area contributed by atoms with Gasteiger partial charge in [-0.05, 0) is 53.2 Å². The number of hydrogen-bond acceptors (Lipinski definition) is 7. The van der Waals surface area contributed by atoms with Crippen LogP contribution in [0.5, 0.6) is 5.75 Å². The van der Waals surface area contributed by atoms with E-state index in [-0.39, 0.29) is 19.6 Å². The van der Waals surface area contributed by atoms with Crippen molar-refractivity contribution in [3.8, 4) is 5.75 Å². The number of ether oxygens (including phenoxy) is 5. The number of benzene rings is 1. The molecule has 1 aliphatic rings. The molecular formula is C25H36O7. The lowest BCUT2D eigenvalue weighted by atomic mass is 10.0. The monoisotopic (exact) mass is 448 g/mol. The van der Waals surface area contributed by atoms with E-state index in [1.807, 2.05) is 37.3 Å². The lowest BCUT2D eigenvalue weighted by Gasteiger charge is -2.33. The Morgan fingerprint density at radius 2 is 1.91 bits per heavy atom. The Labute approximate surface area is 191 Å². The number of carbonyl (C=O) groups excluding carboxylic acids is 2. The second-order valence-corrected chi connectivity index (χ2v) is 9.20. The minimum absolute atomic E-state index is 0.0621. The Morgan fingerprint density at radius 3 is 2.53 bits per heavy atom. The molecule has 0 saturated carbocycles. The van der Waals surface area contributed by atoms with Crippen LogP contribution in [0.4, 0.5) is 0 Å². The number of hydrogen-bond donors (Lipinski definition) is 0. The van der Waals surface area contributed by atoms with Crippen LogP contribution < -0.4 is 4.74 Å². The molecule has 1 aromatic carbocycles. The second kappa shape index (κ2) is 12.0. The molecule has 1 heterocycles. The first-order valence-corrected chi connectivity index (χ1v) is 11.0. The minimum Gasteiger partial charge on any atom is -0.485 e. The molecule has 1 aromatic rings. The maximum Gasteiger partial charge on any atom is 0.309 e. The van der Waals surface area contributed by atoms with Crippen LogP contribution in [0.2, 0.25) is 0 Å². The molecular weight excluding hydrogens is 412 g/mol. The highest BCUT2D eigenvalue weighted by molar-refractivity contribution is 5.80. The molecule has 0 unspecified atom stereocenters. The van der Waals surface area contributed by atoms with E-state index in [0.717, 1.165) is 5.57 Å². The molecule has 0 N–H and O–H groups in total. The molecule has 2 rings (SSSR count). The van der Waals surface area contributed by atoms with Gasteiger partial charge in [0.2, 0.25) is 0 Å². The fourth-order valence-electron chi connectivity index (χ4n) is 3.31. The van der Waals surface area contributed by atoms with Gasteiger partial charge in [0, 0.05) is 6.61 Å². The maximum absolute atomic E-state index is 12.9. The van der Waals surface area contributed by atoms with Crippen LogP contribution in [-0.4, -0.2) is 55.7 Å². The summed E-state index contributed by atoms with van der Waals surface area (Å²) in [5.41, 5.74) is 0.215. The van der Waals surface area contributed by atoms with Gasteiger partial charge in [-0.15, -0.1) is 0 Å². The smallest absolute Gasteiger partial charge is 0.309 e. The van der Waals surface area contributed by atoms with Crippen LogP contribution in [-0.2, 0) is 28.5 Å². The Balaban J connectivity index is 2.15. The van der Waals surface area contributed by atoms with Crippen molar-refractivity contribution in [2.75, 3.05) is 19.8 Å². The zero-order chi connectivity index (χ0) is 23.7. The molecule has 0 radical (unpaired) electrons. The predicted molar refractivity (Wildman–Crippen MR) is 120 cm³/mol. The summed E-state index contributed by atoms with van der Waals surface area (Å²) in [6.45, 7) is 13.7. The van der Waals surface area contributed by atoms with Crippen LogP contribution >= 0.6 is 0 Å². The van der Waals surface area contributed by atoms with Crippen molar-refractivity contribution in [2.24, 2.45) is 5.92 Å². The standard InChI is InChI=1S/C25H36O7/c1-17(2)15-29-23-18(3)30-24(27)19(14-22(26)32-25(4,5)6)12-13-28-16-21(23)31-20-10-8-7-9-11-20/h7-11,18-19,21,23H,1,12-16H2,2-6H3/t18-,19+,21-,23-/m0/s1. The predicted octanol–water partition coefficient (Wildman–Crippen LogP) is 4.10. The van der Waals surface area contributed by atoms with Gasteiger partial charge in [-0.25, -0.2) is 0 Å². The lowest BCUT2D eigenvalue weighted by molar-refractivity contribution is -0.176. The highest BCUT2D eigenvalue weighted by atomic mass is 16.6. The van der Waals surface area contributed by atoms with E-state index in [4.69, 9.17) is 23.7 Å². The van der Waals surface area contributed by atoms with E-state index in [1.54, 1.807) is 27.7 Å². The summed E-state index contributed by atoms with van der Waals surface area (Å²) in [6.07, 6.45) is -1.43. The van der Waals surface area contributed by atoms with E-state index in [2.05, 4.69) is 6.58 Å². The molecule has 1 fully saturated rings. The molecule has 178 valence electrons. The van der Waals surface area contributed by atoms with Crippen molar-refractivity contribution in [2.45, 2.75) is 71.4 Å². The zero-order valence-corrected chi connectivity index (χ0v) is 19.8. The average molecular weight is 449 g/mol. The average Bonchev–Trinajstić information content (AvgIpc) is 2.68. The fourth-order valence-corrected chi connectivity index (χ4v) is 3.31. The van der Waals surface area contributed by atoms with Gasteiger partial charge in [0.15, 0.2) is 6.10 Å². The van der Waals surface area contributed by atoms with E-state index >= 15 is 0 Å². The van der Waals surface area contributed by atoms with Gasteiger partial charge in [0.25, 0.3) is 0 Å². The van der Waals surface area contributed by atoms with Crippen molar-refractivity contribution in [3.63, 3.8) is 0 Å². The molecule has 0 amide bonds. The summed E-state index contributed by atoms with van der Waals surface area (Å²) < 4.78 is 29.1. The number of cyclic esters (lactones) is 1. The minimum atomic E-state index is -0.652. The van der Waals surface area contributed by atoms with Crippen molar-refractivity contribution in [3.05, 3.63) is 42.5 Å². The Bertz CT molecular complexity index is 753. The SMILES string of the molecule is C=C(C)CO[C@H]1[C@H](C)OC(=O)[C@@H](CC(=O)OC(C)(C)C)CCOC[C@@H]1Oc1ccccc1. The summed E-state index contributed by atoms with van der Waals surface area (Å²) in [4.78, 5) is 25.2. The summed E-state index contributed by atoms with van der Waals surface area (Å²) in [7, 11) is 0. The van der Waals surface area contributed by atoms with E-state index < -0.39 is 41.8 Å². The molecule has 7 heteroatoms. The molecule has 4 atom stereocenters. The molecule has 0 spiro atoms. The molecule has 32 heavy (non-hydrogen) atoms. The van der Waals surface area contributed by atoms with Crippen molar-refractivity contribution >= 4 is 11.9 Å². The maximum atomic E-state index is 12.9. The third-order valence-electron chi connectivity index (χ3n) is 4.74. The van der Waals surface area contributed by atoms with E-state index in [1.165, 1.54) is 0 Å². The van der Waals surface area contributed by atoms with Crippen molar-refractivity contribution in [1.29, 1.82) is 0 Å². The first-order chi connectivity index (χ1) is 15.0. The summed E-state index contributed by atoms with van der Waals surface area (Å²) >= 11 is 0. The number of esters is 2. The van der Waals surface area contributed by atoms with Crippen LogP contribution in [0, 0.1) is 5.92 Å². The largest absolute Gasteiger partial charge is 0.485 e. The van der Waals surface area contributed by atoms with E-state index in [9.17, 15) is 9.59 Å². The van der Waals surface area contributed by atoms with Gasteiger partial charge >= 0.3 is 11.9 Å². The number of carbonyl (C=O) groups is 2. The molecule has 0 aromatic heterocycles. The molecule has 1 aliphatic heterocycles. The van der Waals surface area contributed by atoms with Crippen molar-refractivity contribution in [1.82, 2.24) is 0 Å². The second-order valence-electron chi connectivity index (χ2n) is 9.20. The zero-order valence-electron chi connectivity index (χ0n) is 19.8. The normalized spacial score (nSPS) is 24.8. The lowest BCUT2D eigenvalue weighted by Crippen LogP contribution is -2.48. The topological polar surface area (TPSA) is 80.3 Å². The van der Waals surface area contributed by atoms with Crippen LogP contribution in [0.15, 0.2) is 42.5 Å². The molecule has 0 bridgehead atoms. The highest BCUT2D eigenvalue weighted by Gasteiger charge is 2.36. The van der Waals surface area contributed by atoms with E-state index in [0.29, 0.717) is 18.8 Å². The van der Waals surface area contributed by atoms with Gasteiger partial charge in [0.05, 0.1) is 25.6 Å². The van der Waals surface area contributed by atoms with Gasteiger partial charge in [-0.3, -0.25) is 9.59 Å². The third-order valence-corrected chi connectivity index (χ3v) is 4.74. The molecule has 1 saturated heterocycles. The fraction of sp³-hybridized carbons (Fsp3) is 0.600. The highest BCUT2D eigenvalue weighted by Crippen LogP contribution is 2.23. The van der Waals surface area contributed by atoms with Gasteiger partial charge in [-0.2, -0.15) is 0 Å². The Hall–Kier alpha value is -2.38. The molecule has 0 aliphatic carbocycles. The van der Waals surface area contributed by atoms with Crippen molar-refractivity contribution < 1.29 is 33.3 Å². The summed E-state index contributed by atoms with van der Waals surface area (Å²) in [6, 6.07) is 9.36. The molecule has 7 nitrogen and oxygen atoms in total. The Morgan fingerprint density at radius 1 is 1.22 bits per heavy atom. The Kier molecular flexibility index (Phi) is 9.72. The number of para-hydroxylation sites is 1. The quantitative estimate of drug-likeness (QED) is 0.459. The third kappa shape index (κ3) is 9.01. The number of rotatable bonds is 7. The van der Waals surface area contributed by atoms with Gasteiger partial charge in [0.1, 0.15) is 23.6 Å². The first kappa shape index (κ1) is 25.9. The van der Waals surface area contributed by atoms with Crippen LogP contribution in [0.3, 0.4) is 0 Å².